The lowest BCUT2D eigenvalue weighted by Gasteiger charge is -2.20. The number of aromatic nitrogens is 2. The molecule has 0 atom stereocenters. The number of aryl methyl sites for hydroxylation is 2. The number of benzene rings is 8. The topological polar surface area (TPSA) is 38.0 Å². The minimum Gasteiger partial charge on any atom is -0.308 e. The molecule has 10 rings (SSSR count). The van der Waals surface area contributed by atoms with Crippen LogP contribution in [0.25, 0.3) is 93.2 Å². The number of para-hydroxylation sites is 2. The average Bonchev–Trinajstić information content (AvgIpc) is 3.75. The molecule has 0 saturated carbocycles. The molecule has 0 N–H and O–H groups in total. The third-order valence-corrected chi connectivity index (χ3v) is 11.3. The van der Waals surface area contributed by atoms with Crippen LogP contribution in [0.1, 0.15) is 16.7 Å². The molecule has 0 fully saturated rings. The van der Waals surface area contributed by atoms with Crippen molar-refractivity contribution in [3.8, 4) is 50.8 Å². The predicted octanol–water partition coefficient (Wildman–Crippen LogP) is 13.9. The van der Waals surface area contributed by atoms with Crippen molar-refractivity contribution < 1.29 is 0 Å². The molecule has 56 heavy (non-hydrogen) atoms. The zero-order chi connectivity index (χ0) is 37.9. The number of fused-ring (bicyclic) bond motifs is 6. The molecule has 262 valence electrons. The normalized spacial score (nSPS) is 11.4. The number of rotatable bonds is 5. The largest absolute Gasteiger partial charge is 0.308 e. The van der Waals surface area contributed by atoms with Gasteiger partial charge in [0.2, 0.25) is 0 Å². The highest BCUT2D eigenvalue weighted by Crippen LogP contribution is 2.43. The quantitative estimate of drug-likeness (QED) is 0.164. The van der Waals surface area contributed by atoms with Crippen LogP contribution in [0.5, 0.6) is 0 Å². The molecule has 0 radical (unpaired) electrons. The third-order valence-electron chi connectivity index (χ3n) is 11.3. The molecule has 2 aromatic heterocycles. The lowest BCUT2D eigenvalue weighted by atomic mass is 9.97. The fourth-order valence-electron chi connectivity index (χ4n) is 8.66. The Balaban J connectivity index is 1.31. The van der Waals surface area contributed by atoms with Crippen molar-refractivity contribution in [1.29, 1.82) is 5.26 Å². The van der Waals surface area contributed by atoms with E-state index in [4.69, 9.17) is 6.57 Å². The van der Waals surface area contributed by atoms with Crippen LogP contribution in [0.2, 0.25) is 0 Å². The summed E-state index contributed by atoms with van der Waals surface area (Å²) >= 11 is 0. The molecule has 0 aliphatic carbocycles. The molecule has 0 bridgehead atoms. The summed E-state index contributed by atoms with van der Waals surface area (Å²) in [6, 6.07) is 61.8. The Morgan fingerprint density at radius 3 is 1.57 bits per heavy atom. The highest BCUT2D eigenvalue weighted by molar-refractivity contribution is 6.13. The van der Waals surface area contributed by atoms with Crippen LogP contribution in [-0.2, 0) is 0 Å². The summed E-state index contributed by atoms with van der Waals surface area (Å²) in [5, 5.41) is 15.9. The molecule has 0 unspecified atom stereocenters. The fourth-order valence-corrected chi connectivity index (χ4v) is 8.66. The van der Waals surface area contributed by atoms with Gasteiger partial charge >= 0.3 is 0 Å². The van der Waals surface area contributed by atoms with Crippen LogP contribution >= 0.6 is 0 Å². The second-order valence-corrected chi connectivity index (χ2v) is 14.4. The van der Waals surface area contributed by atoms with Crippen molar-refractivity contribution in [2.75, 3.05) is 0 Å². The summed E-state index contributed by atoms with van der Waals surface area (Å²) in [7, 11) is 0. The van der Waals surface area contributed by atoms with Gasteiger partial charge in [-0.3, -0.25) is 0 Å². The summed E-state index contributed by atoms with van der Waals surface area (Å²) in [5.74, 6) is 0. The Kier molecular flexibility index (Phi) is 7.66. The molecule has 4 nitrogen and oxygen atoms in total. The van der Waals surface area contributed by atoms with Crippen LogP contribution in [0.3, 0.4) is 0 Å². The first-order valence-electron chi connectivity index (χ1n) is 18.8. The van der Waals surface area contributed by atoms with Crippen molar-refractivity contribution in [2.24, 2.45) is 0 Å². The number of hydrogen-bond acceptors (Lipinski definition) is 1. The Morgan fingerprint density at radius 1 is 0.464 bits per heavy atom. The van der Waals surface area contributed by atoms with E-state index in [1.807, 2.05) is 24.3 Å². The predicted molar refractivity (Wildman–Crippen MR) is 232 cm³/mol. The lowest BCUT2D eigenvalue weighted by molar-refractivity contribution is 1.12. The molecule has 10 aromatic rings. The third kappa shape index (κ3) is 5.05. The summed E-state index contributed by atoms with van der Waals surface area (Å²) < 4.78 is 4.51. The van der Waals surface area contributed by atoms with Crippen LogP contribution in [0, 0.1) is 31.8 Å². The first kappa shape index (κ1) is 32.9. The Labute approximate surface area is 325 Å². The standard InChI is InChI=1S/C52H34N4/c1-33-13-4-6-17-39(33)36-23-26-49-44(30-36)42-19-8-10-21-47(42)55(49)51-28-25-41(35-15-12-16-38(29-35)54-3)52(46(51)32-53)56-48-22-11-9-20-43(48)45-31-37(24-27-50(45)56)40-18-7-5-14-34(40)2/h4-31H,1-2H3. The zero-order valence-corrected chi connectivity index (χ0v) is 31.0. The molecule has 0 spiro atoms. The van der Waals surface area contributed by atoms with E-state index in [1.54, 1.807) is 0 Å². The van der Waals surface area contributed by atoms with E-state index in [-0.39, 0.29) is 0 Å². The smallest absolute Gasteiger partial charge is 0.187 e. The number of nitrogens with zero attached hydrogens (tertiary/aromatic N) is 4. The maximum Gasteiger partial charge on any atom is 0.187 e. The van der Waals surface area contributed by atoms with Gasteiger partial charge < -0.3 is 9.13 Å². The van der Waals surface area contributed by atoms with Crippen molar-refractivity contribution in [2.45, 2.75) is 13.8 Å². The summed E-state index contributed by atoms with van der Waals surface area (Å²) in [6.07, 6.45) is 0. The first-order valence-corrected chi connectivity index (χ1v) is 18.8. The monoisotopic (exact) mass is 714 g/mol. The van der Waals surface area contributed by atoms with Gasteiger partial charge in [0.15, 0.2) is 5.69 Å². The minimum absolute atomic E-state index is 0.548. The molecule has 0 aliphatic heterocycles. The van der Waals surface area contributed by atoms with Gasteiger partial charge in [0, 0.05) is 27.1 Å². The maximum absolute atomic E-state index is 11.5. The Morgan fingerprint density at radius 2 is 0.982 bits per heavy atom. The van der Waals surface area contributed by atoms with Gasteiger partial charge in [0.05, 0.1) is 40.0 Å². The van der Waals surface area contributed by atoms with Crippen LogP contribution in [0.4, 0.5) is 5.69 Å². The number of hydrogen-bond donors (Lipinski definition) is 0. The van der Waals surface area contributed by atoms with Gasteiger partial charge in [0.1, 0.15) is 11.6 Å². The molecule has 0 saturated heterocycles. The second-order valence-electron chi connectivity index (χ2n) is 14.4. The molecule has 2 heterocycles. The van der Waals surface area contributed by atoms with Crippen LogP contribution < -0.4 is 0 Å². The van der Waals surface area contributed by atoms with E-state index in [2.05, 4.69) is 179 Å². The van der Waals surface area contributed by atoms with Crippen molar-refractivity contribution in [3.63, 3.8) is 0 Å². The summed E-state index contributed by atoms with van der Waals surface area (Å²) in [4.78, 5) is 3.77. The summed E-state index contributed by atoms with van der Waals surface area (Å²) in [5.41, 5.74) is 15.6. The Hall–Kier alpha value is -7.66. The van der Waals surface area contributed by atoms with Gasteiger partial charge in [-0.2, -0.15) is 5.26 Å². The van der Waals surface area contributed by atoms with Crippen LogP contribution in [-0.4, -0.2) is 9.13 Å². The van der Waals surface area contributed by atoms with Crippen molar-refractivity contribution in [3.05, 3.63) is 198 Å². The average molecular weight is 715 g/mol. The highest BCUT2D eigenvalue weighted by Gasteiger charge is 2.24. The second kappa shape index (κ2) is 13.0. The van der Waals surface area contributed by atoms with E-state index in [1.165, 1.54) is 22.3 Å². The van der Waals surface area contributed by atoms with E-state index in [0.717, 1.165) is 77.2 Å². The zero-order valence-electron chi connectivity index (χ0n) is 31.0. The molecule has 0 amide bonds. The van der Waals surface area contributed by atoms with E-state index in [9.17, 15) is 5.26 Å². The number of nitriles is 1. The summed E-state index contributed by atoms with van der Waals surface area (Å²) in [6.45, 7) is 12.1. The van der Waals surface area contributed by atoms with Crippen LogP contribution in [0.15, 0.2) is 170 Å². The van der Waals surface area contributed by atoms with E-state index >= 15 is 0 Å². The first-order chi connectivity index (χ1) is 27.5. The van der Waals surface area contributed by atoms with Gasteiger partial charge in [-0.15, -0.1) is 0 Å². The van der Waals surface area contributed by atoms with Gasteiger partial charge in [-0.1, -0.05) is 121 Å². The maximum atomic E-state index is 11.5. The van der Waals surface area contributed by atoms with Crippen molar-refractivity contribution in [1.82, 2.24) is 9.13 Å². The molecule has 8 aromatic carbocycles. The highest BCUT2D eigenvalue weighted by atomic mass is 15.0. The molecule has 0 aliphatic rings. The Bertz CT molecular complexity index is 3310. The molecular weight excluding hydrogens is 681 g/mol. The van der Waals surface area contributed by atoms with E-state index < -0.39 is 0 Å². The van der Waals surface area contributed by atoms with Crippen molar-refractivity contribution >= 4 is 49.3 Å². The van der Waals surface area contributed by atoms with Gasteiger partial charge in [0.25, 0.3) is 0 Å². The SMILES string of the molecule is [C-]#[N+]c1cccc(-c2ccc(-n3c4ccccc4c4cc(-c5ccccc5C)ccc43)c(C#N)c2-n2c3ccccc3c3cc(-c4ccccc4C)ccc32)c1. The minimum atomic E-state index is 0.548. The van der Waals surface area contributed by atoms with Gasteiger partial charge in [-0.05, 0) is 101 Å². The van der Waals surface area contributed by atoms with E-state index in [0.29, 0.717) is 11.3 Å². The molecule has 4 heteroatoms. The lowest BCUT2D eigenvalue weighted by Crippen LogP contribution is -2.06. The molecular formula is C52H34N4. The van der Waals surface area contributed by atoms with Gasteiger partial charge in [-0.25, -0.2) is 4.85 Å². The fraction of sp³-hybridized carbons (Fsp3) is 0.0385.